The second-order valence-corrected chi connectivity index (χ2v) is 18.1. The summed E-state index contributed by atoms with van der Waals surface area (Å²) < 4.78 is 69.4. The first-order chi connectivity index (χ1) is 31.2. The third-order valence-electron chi connectivity index (χ3n) is 13.5. The van der Waals surface area contributed by atoms with Gasteiger partial charge in [-0.15, -0.1) is 0 Å². The molecule has 2 atom stereocenters. The van der Waals surface area contributed by atoms with Crippen molar-refractivity contribution in [2.75, 3.05) is 49.5 Å². The van der Waals surface area contributed by atoms with Crippen molar-refractivity contribution in [2.45, 2.75) is 107 Å². The Hall–Kier alpha value is -5.67. The van der Waals surface area contributed by atoms with Gasteiger partial charge < -0.3 is 25.6 Å². The number of likely N-dealkylation sites (tertiary alicyclic amines) is 1. The summed E-state index contributed by atoms with van der Waals surface area (Å²) in [5.74, 6) is -3.85. The molecular weight excluding hydrogens is 853 g/mol. The minimum absolute atomic E-state index is 0.00881. The molecule has 17 nitrogen and oxygen atoms in total. The standard InChI is InChI=1S/C44H54F4N12O5/c1-55-38-27(4-2-6-33(38)60(43(55)64)34-11-12-36(61)53-42(34)63)5-3-19-65-30-13-16-56(17-14-30)22-26-7-9-29(10-8-26)59-24-32(37(54-59)39(45)46)51-41(62)31-21-50-58-18-15-35(52-40(31)58)57-23-28(49)20-44(47,48)25-57/h2,4,6,15,18,21,24,26,28-30,34,39H,3,5,7-14,16-17,19-20,22-23,25,49H2,1H3,(H,51,62)(H,53,61,63)/t26?,28-,29?,34?/m1/s1. The number of halogens is 4. The molecule has 1 aliphatic carbocycles. The van der Waals surface area contributed by atoms with Crippen molar-refractivity contribution in [2.24, 2.45) is 18.7 Å². The number of aromatic nitrogens is 7. The first kappa shape index (κ1) is 44.5. The Morgan fingerprint density at radius 3 is 2.58 bits per heavy atom. The minimum atomic E-state index is -3.00. The third-order valence-corrected chi connectivity index (χ3v) is 13.5. The van der Waals surface area contributed by atoms with E-state index < -0.39 is 54.9 Å². The lowest BCUT2D eigenvalue weighted by molar-refractivity contribution is -0.135. The van der Waals surface area contributed by atoms with Gasteiger partial charge >= 0.3 is 5.69 Å². The van der Waals surface area contributed by atoms with Crippen LogP contribution in [-0.4, -0.2) is 114 Å². The fourth-order valence-electron chi connectivity index (χ4n) is 10.2. The van der Waals surface area contributed by atoms with E-state index in [-0.39, 0.29) is 65.8 Å². The average molecular weight is 907 g/mol. The SMILES string of the molecule is Cn1c(=O)n(C2CCC(=O)NC2=O)c2cccc(CCCOC3CCN(CC4CCC(n5cc(NC(=O)c6cnn7ccc(N8C[C@H](N)CC(F)(F)C8)nc67)c(C(F)F)n5)CC4)CC3)c21. The number of benzene rings is 1. The van der Waals surface area contributed by atoms with Gasteiger partial charge in [-0.2, -0.15) is 10.2 Å². The number of fused-ring (bicyclic) bond motifs is 2. The molecule has 4 N–H and O–H groups in total. The van der Waals surface area contributed by atoms with Crippen LogP contribution in [0.1, 0.15) is 104 Å². The maximum atomic E-state index is 14.3. The molecule has 4 aromatic heterocycles. The van der Waals surface area contributed by atoms with E-state index in [1.807, 2.05) is 18.2 Å². The number of nitrogens with one attached hydrogen (secondary N) is 2. The van der Waals surface area contributed by atoms with Gasteiger partial charge in [0.1, 0.15) is 17.4 Å². The molecule has 0 bridgehead atoms. The Kier molecular flexibility index (Phi) is 12.5. The molecule has 1 saturated carbocycles. The molecule has 3 aliphatic heterocycles. The van der Waals surface area contributed by atoms with Crippen molar-refractivity contribution in [3.05, 3.63) is 70.2 Å². The number of nitrogens with zero attached hydrogens (tertiary/aromatic N) is 9. The predicted octanol–water partition coefficient (Wildman–Crippen LogP) is 4.76. The van der Waals surface area contributed by atoms with E-state index in [0.717, 1.165) is 75.7 Å². The lowest BCUT2D eigenvalue weighted by Crippen LogP contribution is -2.52. The third kappa shape index (κ3) is 9.40. The number of ether oxygens (including phenoxy) is 1. The Labute approximate surface area is 371 Å². The minimum Gasteiger partial charge on any atom is -0.378 e. The second-order valence-electron chi connectivity index (χ2n) is 18.1. The van der Waals surface area contributed by atoms with E-state index in [2.05, 4.69) is 30.7 Å². The van der Waals surface area contributed by atoms with Gasteiger partial charge in [0.05, 0.1) is 41.6 Å². The smallest absolute Gasteiger partial charge is 0.329 e. The number of hydrogen-bond acceptors (Lipinski definition) is 11. The number of para-hydroxylation sites is 1. The van der Waals surface area contributed by atoms with Crippen LogP contribution in [0.4, 0.5) is 29.1 Å². The maximum Gasteiger partial charge on any atom is 0.329 e. The average Bonchev–Trinajstić information content (AvgIpc) is 3.97. The van der Waals surface area contributed by atoms with Crippen molar-refractivity contribution in [1.29, 1.82) is 0 Å². The molecule has 7 heterocycles. The Morgan fingerprint density at radius 1 is 1.06 bits per heavy atom. The number of aryl methyl sites for hydroxylation is 2. The predicted molar refractivity (Wildman–Crippen MR) is 231 cm³/mol. The molecule has 9 rings (SSSR count). The maximum absolute atomic E-state index is 14.3. The van der Waals surface area contributed by atoms with Crippen LogP contribution < -0.4 is 27.0 Å². The number of imide groups is 1. The largest absolute Gasteiger partial charge is 0.378 e. The Balaban J connectivity index is 0.735. The molecule has 348 valence electrons. The van der Waals surface area contributed by atoms with Crippen molar-refractivity contribution in [3.63, 3.8) is 0 Å². The summed E-state index contributed by atoms with van der Waals surface area (Å²) in [7, 11) is 1.71. The summed E-state index contributed by atoms with van der Waals surface area (Å²) in [6.45, 7) is 2.96. The summed E-state index contributed by atoms with van der Waals surface area (Å²) in [5.41, 5.74) is 7.49. The molecule has 65 heavy (non-hydrogen) atoms. The van der Waals surface area contributed by atoms with Gasteiger partial charge in [0, 0.05) is 71.1 Å². The number of amides is 3. The molecule has 4 aliphatic rings. The van der Waals surface area contributed by atoms with Gasteiger partial charge in [-0.3, -0.25) is 33.5 Å². The quantitative estimate of drug-likeness (QED) is 0.0839. The van der Waals surface area contributed by atoms with Crippen LogP contribution in [0.5, 0.6) is 0 Å². The van der Waals surface area contributed by atoms with Crippen LogP contribution in [-0.2, 0) is 27.8 Å². The second kappa shape index (κ2) is 18.3. The first-order valence-corrected chi connectivity index (χ1v) is 22.5. The zero-order valence-corrected chi connectivity index (χ0v) is 36.2. The fourth-order valence-corrected chi connectivity index (χ4v) is 10.2. The number of anilines is 2. The Bertz CT molecular complexity index is 2630. The van der Waals surface area contributed by atoms with Gasteiger partial charge in [0.2, 0.25) is 11.8 Å². The summed E-state index contributed by atoms with van der Waals surface area (Å²) >= 11 is 0. The number of hydrogen-bond donors (Lipinski definition) is 3. The highest BCUT2D eigenvalue weighted by Crippen LogP contribution is 2.36. The zero-order chi connectivity index (χ0) is 45.6. The van der Waals surface area contributed by atoms with E-state index in [9.17, 15) is 36.7 Å². The topological polar surface area (TPSA) is 192 Å². The molecule has 5 aromatic rings. The lowest BCUT2D eigenvalue weighted by Gasteiger charge is -2.36. The van der Waals surface area contributed by atoms with Crippen LogP contribution >= 0.6 is 0 Å². The number of imidazole rings is 1. The molecule has 4 fully saturated rings. The van der Waals surface area contributed by atoms with Gasteiger partial charge in [-0.1, -0.05) is 12.1 Å². The van der Waals surface area contributed by atoms with Crippen molar-refractivity contribution in [1.82, 2.24) is 43.7 Å². The highest BCUT2D eigenvalue weighted by molar-refractivity contribution is 6.08. The fraction of sp³-hybridized carbons (Fsp3) is 0.568. The normalized spacial score (nSPS) is 23.5. The summed E-state index contributed by atoms with van der Waals surface area (Å²) in [4.78, 5) is 59.4. The van der Waals surface area contributed by atoms with E-state index in [0.29, 0.717) is 24.5 Å². The molecule has 1 unspecified atom stereocenters. The van der Waals surface area contributed by atoms with Crippen LogP contribution in [0.3, 0.4) is 0 Å². The number of alkyl halides is 4. The highest BCUT2D eigenvalue weighted by Gasteiger charge is 2.40. The van der Waals surface area contributed by atoms with Crippen LogP contribution in [0.15, 0.2) is 47.7 Å². The lowest BCUT2D eigenvalue weighted by atomic mass is 9.85. The van der Waals surface area contributed by atoms with E-state index in [1.165, 1.54) is 38.6 Å². The summed E-state index contributed by atoms with van der Waals surface area (Å²) in [6.07, 6.45) is 8.12. The van der Waals surface area contributed by atoms with E-state index in [4.69, 9.17) is 10.5 Å². The van der Waals surface area contributed by atoms with Gasteiger partial charge in [0.15, 0.2) is 11.3 Å². The number of nitrogens with two attached hydrogens (primary N) is 1. The number of carbonyl (C=O) groups is 3. The molecule has 0 radical (unpaired) electrons. The van der Waals surface area contributed by atoms with Crippen LogP contribution in [0.25, 0.3) is 16.7 Å². The molecular formula is C44H54F4N12O5. The van der Waals surface area contributed by atoms with Gasteiger partial charge in [-0.25, -0.2) is 31.9 Å². The monoisotopic (exact) mass is 906 g/mol. The van der Waals surface area contributed by atoms with Crippen molar-refractivity contribution in [3.8, 4) is 0 Å². The zero-order valence-electron chi connectivity index (χ0n) is 36.2. The summed E-state index contributed by atoms with van der Waals surface area (Å²) in [6, 6.07) is 5.66. The first-order valence-electron chi connectivity index (χ1n) is 22.5. The number of carbonyl (C=O) groups excluding carboxylic acids is 3. The molecule has 0 spiro atoms. The van der Waals surface area contributed by atoms with Gasteiger partial charge in [0.25, 0.3) is 18.3 Å². The molecule has 1 aromatic carbocycles. The molecule has 3 amide bonds. The van der Waals surface area contributed by atoms with Crippen molar-refractivity contribution < 1.29 is 36.7 Å². The van der Waals surface area contributed by atoms with Crippen molar-refractivity contribution >= 4 is 45.9 Å². The summed E-state index contributed by atoms with van der Waals surface area (Å²) in [5, 5.41) is 13.3. The Morgan fingerprint density at radius 2 is 1.85 bits per heavy atom. The van der Waals surface area contributed by atoms with Gasteiger partial charge in [-0.05, 0) is 81.4 Å². The van der Waals surface area contributed by atoms with E-state index >= 15 is 0 Å². The molecule has 3 saturated heterocycles. The highest BCUT2D eigenvalue weighted by atomic mass is 19.3. The number of rotatable bonds is 13. The number of piperidine rings is 3. The van der Waals surface area contributed by atoms with Crippen LogP contribution in [0.2, 0.25) is 0 Å². The van der Waals surface area contributed by atoms with E-state index in [1.54, 1.807) is 16.3 Å². The molecule has 21 heteroatoms. The van der Waals surface area contributed by atoms with Crippen LogP contribution in [0, 0.1) is 5.92 Å².